The predicted octanol–water partition coefficient (Wildman–Crippen LogP) is 3.56. The van der Waals surface area contributed by atoms with Gasteiger partial charge in [0.25, 0.3) is 10.0 Å². The highest BCUT2D eigenvalue weighted by atomic mass is 32.2. The van der Waals surface area contributed by atoms with Gasteiger partial charge in [-0.25, -0.2) is 22.2 Å². The first-order valence-corrected chi connectivity index (χ1v) is 8.71. The van der Waals surface area contributed by atoms with Gasteiger partial charge >= 0.3 is 0 Å². The number of halogens is 2. The summed E-state index contributed by atoms with van der Waals surface area (Å²) in [6.45, 7) is 1.89. The van der Waals surface area contributed by atoms with Crippen molar-refractivity contribution >= 4 is 26.5 Å². The fourth-order valence-corrected chi connectivity index (χ4v) is 3.70. The normalized spacial score (nSPS) is 11.6. The molecule has 0 unspecified atom stereocenters. The molecule has 0 saturated carbocycles. The third kappa shape index (κ3) is 3.56. The number of benzene rings is 1. The standard InChI is InChI=1S/C13H14F2N2O2S2/c1-2-3-4-9-10(14)5-6-11(12(9)15)21(18,19)17-13-16-7-8-20-13/h5-8H,2-4H2,1H3,(H,16,17). The van der Waals surface area contributed by atoms with Gasteiger partial charge in [0.1, 0.15) is 16.5 Å². The third-order valence-corrected chi connectivity index (χ3v) is 5.05. The molecule has 4 nitrogen and oxygen atoms in total. The van der Waals surface area contributed by atoms with Crippen molar-refractivity contribution in [2.45, 2.75) is 31.1 Å². The Labute approximate surface area is 125 Å². The van der Waals surface area contributed by atoms with Gasteiger partial charge in [0.15, 0.2) is 5.13 Å². The third-order valence-electron chi connectivity index (χ3n) is 2.87. The average Bonchev–Trinajstić information content (AvgIpc) is 2.90. The van der Waals surface area contributed by atoms with Gasteiger partial charge < -0.3 is 0 Å². The predicted molar refractivity (Wildman–Crippen MR) is 77.9 cm³/mol. The molecule has 8 heteroatoms. The molecule has 1 heterocycles. The van der Waals surface area contributed by atoms with Crippen LogP contribution in [-0.4, -0.2) is 13.4 Å². The zero-order chi connectivity index (χ0) is 15.5. The summed E-state index contributed by atoms with van der Waals surface area (Å²) in [5.74, 6) is -1.76. The van der Waals surface area contributed by atoms with Crippen molar-refractivity contribution in [3.05, 3.63) is 40.9 Å². The Kier molecular flexibility index (Phi) is 4.89. The number of hydrogen-bond donors (Lipinski definition) is 1. The smallest absolute Gasteiger partial charge is 0.255 e. The Balaban J connectivity index is 2.39. The first-order chi connectivity index (χ1) is 9.95. The van der Waals surface area contributed by atoms with Gasteiger partial charge in [-0.2, -0.15) is 0 Å². The molecule has 0 aliphatic heterocycles. The van der Waals surface area contributed by atoms with Gasteiger partial charge in [-0.1, -0.05) is 13.3 Å². The highest BCUT2D eigenvalue weighted by Crippen LogP contribution is 2.25. The molecular formula is C13H14F2N2O2S2. The van der Waals surface area contributed by atoms with Crippen LogP contribution >= 0.6 is 11.3 Å². The number of nitrogens with zero attached hydrogens (tertiary/aromatic N) is 1. The lowest BCUT2D eigenvalue weighted by Crippen LogP contribution is -2.16. The summed E-state index contributed by atoms with van der Waals surface area (Å²) in [6.07, 6.45) is 2.93. The van der Waals surface area contributed by atoms with E-state index in [0.29, 0.717) is 6.42 Å². The Morgan fingerprint density at radius 3 is 2.71 bits per heavy atom. The zero-order valence-electron chi connectivity index (χ0n) is 11.3. The van der Waals surface area contributed by atoms with Crippen molar-refractivity contribution in [1.82, 2.24) is 4.98 Å². The van der Waals surface area contributed by atoms with Gasteiger partial charge in [-0.3, -0.25) is 4.72 Å². The molecular weight excluding hydrogens is 318 g/mol. The molecule has 2 aromatic rings. The second-order valence-electron chi connectivity index (χ2n) is 4.38. The molecule has 2 rings (SSSR count). The van der Waals surface area contributed by atoms with E-state index >= 15 is 0 Å². The van der Waals surface area contributed by atoms with Crippen LogP contribution in [0.4, 0.5) is 13.9 Å². The molecule has 0 fully saturated rings. The quantitative estimate of drug-likeness (QED) is 0.880. The maximum atomic E-state index is 14.3. The van der Waals surface area contributed by atoms with Crippen LogP contribution < -0.4 is 4.72 Å². The molecule has 1 aromatic heterocycles. The molecule has 114 valence electrons. The van der Waals surface area contributed by atoms with Gasteiger partial charge in [0.05, 0.1) is 0 Å². The molecule has 0 saturated heterocycles. The number of hydrogen-bond acceptors (Lipinski definition) is 4. The second-order valence-corrected chi connectivity index (χ2v) is 6.93. The summed E-state index contributed by atoms with van der Waals surface area (Å²) in [6, 6.07) is 1.90. The molecule has 0 atom stereocenters. The zero-order valence-corrected chi connectivity index (χ0v) is 12.9. The minimum absolute atomic E-state index is 0.133. The van der Waals surface area contributed by atoms with Crippen molar-refractivity contribution in [3.63, 3.8) is 0 Å². The van der Waals surface area contributed by atoms with Crippen LogP contribution in [0.5, 0.6) is 0 Å². The van der Waals surface area contributed by atoms with Crippen LogP contribution in [0.25, 0.3) is 0 Å². The monoisotopic (exact) mass is 332 g/mol. The summed E-state index contributed by atoms with van der Waals surface area (Å²) >= 11 is 1.07. The molecule has 0 bridgehead atoms. The maximum absolute atomic E-state index is 14.3. The van der Waals surface area contributed by atoms with E-state index in [1.54, 1.807) is 5.38 Å². The molecule has 0 radical (unpaired) electrons. The van der Waals surface area contributed by atoms with E-state index in [2.05, 4.69) is 9.71 Å². The summed E-state index contributed by atoms with van der Waals surface area (Å²) < 4.78 is 54.4. The van der Waals surface area contributed by atoms with Crippen molar-refractivity contribution in [3.8, 4) is 0 Å². The lowest BCUT2D eigenvalue weighted by atomic mass is 10.1. The molecule has 0 spiro atoms. The Hall–Kier alpha value is -1.54. The summed E-state index contributed by atoms with van der Waals surface area (Å²) in [5, 5.41) is 1.72. The van der Waals surface area contributed by atoms with Gasteiger partial charge in [-0.05, 0) is 25.0 Å². The number of aromatic nitrogens is 1. The van der Waals surface area contributed by atoms with Crippen molar-refractivity contribution in [1.29, 1.82) is 0 Å². The minimum atomic E-state index is -4.12. The molecule has 1 aromatic carbocycles. The SMILES string of the molecule is CCCCc1c(F)ccc(S(=O)(=O)Nc2nccs2)c1F. The van der Waals surface area contributed by atoms with Crippen LogP contribution in [-0.2, 0) is 16.4 Å². The number of sulfonamides is 1. The largest absolute Gasteiger partial charge is 0.266 e. The lowest BCUT2D eigenvalue weighted by molar-refractivity contribution is 0.524. The van der Waals surface area contributed by atoms with E-state index in [1.165, 1.54) is 6.20 Å². The van der Waals surface area contributed by atoms with Crippen molar-refractivity contribution in [2.75, 3.05) is 4.72 Å². The van der Waals surface area contributed by atoms with E-state index in [4.69, 9.17) is 0 Å². The van der Waals surface area contributed by atoms with E-state index < -0.39 is 26.6 Å². The molecule has 0 aliphatic carbocycles. The number of unbranched alkanes of at least 4 members (excludes halogenated alkanes) is 1. The molecule has 21 heavy (non-hydrogen) atoms. The van der Waals surface area contributed by atoms with Gasteiger partial charge in [0, 0.05) is 17.1 Å². The first-order valence-electron chi connectivity index (χ1n) is 6.35. The summed E-state index contributed by atoms with van der Waals surface area (Å²) in [4.78, 5) is 3.21. The summed E-state index contributed by atoms with van der Waals surface area (Å²) in [5.41, 5.74) is -0.195. The minimum Gasteiger partial charge on any atom is -0.255 e. The van der Waals surface area contributed by atoms with Gasteiger partial charge in [-0.15, -0.1) is 11.3 Å². The number of anilines is 1. The van der Waals surface area contributed by atoms with Crippen molar-refractivity contribution < 1.29 is 17.2 Å². The fourth-order valence-electron chi connectivity index (χ4n) is 1.81. The maximum Gasteiger partial charge on any atom is 0.266 e. The summed E-state index contributed by atoms with van der Waals surface area (Å²) in [7, 11) is -4.12. The van der Waals surface area contributed by atoms with Crippen LogP contribution in [0.15, 0.2) is 28.6 Å². The number of rotatable bonds is 6. The average molecular weight is 332 g/mol. The topological polar surface area (TPSA) is 59.1 Å². The number of thiazole rings is 1. The van der Waals surface area contributed by atoms with Crippen LogP contribution in [0.3, 0.4) is 0 Å². The molecule has 1 N–H and O–H groups in total. The Bertz CT molecular complexity index is 716. The van der Waals surface area contributed by atoms with Crippen molar-refractivity contribution in [2.24, 2.45) is 0 Å². The van der Waals surface area contributed by atoms with Gasteiger partial charge in [0.2, 0.25) is 0 Å². The van der Waals surface area contributed by atoms with E-state index in [0.717, 1.165) is 29.9 Å². The molecule has 0 aliphatic rings. The Morgan fingerprint density at radius 2 is 2.10 bits per heavy atom. The molecule has 0 amide bonds. The van der Waals surface area contributed by atoms with Crippen LogP contribution in [0.2, 0.25) is 0 Å². The Morgan fingerprint density at radius 1 is 1.33 bits per heavy atom. The highest BCUT2D eigenvalue weighted by molar-refractivity contribution is 7.93. The van der Waals surface area contributed by atoms with Crippen LogP contribution in [0, 0.1) is 11.6 Å². The van der Waals surface area contributed by atoms with Crippen LogP contribution in [0.1, 0.15) is 25.3 Å². The van der Waals surface area contributed by atoms with E-state index in [-0.39, 0.29) is 17.1 Å². The van der Waals surface area contributed by atoms with E-state index in [1.807, 2.05) is 6.92 Å². The fraction of sp³-hybridized carbons (Fsp3) is 0.308. The van der Waals surface area contributed by atoms with E-state index in [9.17, 15) is 17.2 Å². The number of nitrogens with one attached hydrogen (secondary N) is 1. The second kappa shape index (κ2) is 6.48. The lowest BCUT2D eigenvalue weighted by Gasteiger charge is -2.10. The highest BCUT2D eigenvalue weighted by Gasteiger charge is 2.24. The first kappa shape index (κ1) is 15.8.